The van der Waals surface area contributed by atoms with Crippen LogP contribution in [0.5, 0.6) is 0 Å². The lowest BCUT2D eigenvalue weighted by Gasteiger charge is -2.15. The molecule has 37 heavy (non-hydrogen) atoms. The van der Waals surface area contributed by atoms with Gasteiger partial charge in [0.05, 0.1) is 16.7 Å². The van der Waals surface area contributed by atoms with Crippen molar-refractivity contribution in [2.24, 2.45) is 0 Å². The highest BCUT2D eigenvalue weighted by Crippen LogP contribution is 2.39. The molecular formula is C34H23N3. The SMILES string of the molecule is Cc1cc(-c2cccc3ccccc23)c2ccc3c(-c4cccc5ccccc45)cc(C=N)nc3c2n1. The number of aromatic nitrogens is 2. The van der Waals surface area contributed by atoms with Gasteiger partial charge in [-0.1, -0.05) is 97.1 Å². The molecule has 0 radical (unpaired) electrons. The van der Waals surface area contributed by atoms with Gasteiger partial charge < -0.3 is 5.41 Å². The van der Waals surface area contributed by atoms with Crippen LogP contribution in [-0.2, 0) is 0 Å². The Morgan fingerprint density at radius 1 is 0.514 bits per heavy atom. The molecule has 0 aliphatic carbocycles. The van der Waals surface area contributed by atoms with Gasteiger partial charge in [0.25, 0.3) is 0 Å². The summed E-state index contributed by atoms with van der Waals surface area (Å²) in [5.74, 6) is 0. The minimum absolute atomic E-state index is 0.623. The molecule has 2 heterocycles. The summed E-state index contributed by atoms with van der Waals surface area (Å²) in [4.78, 5) is 9.93. The van der Waals surface area contributed by atoms with Gasteiger partial charge in [0, 0.05) is 22.7 Å². The lowest BCUT2D eigenvalue weighted by atomic mass is 9.92. The lowest BCUT2D eigenvalue weighted by molar-refractivity contribution is 1.25. The van der Waals surface area contributed by atoms with Crippen LogP contribution in [0.25, 0.3) is 65.6 Å². The number of nitrogens with one attached hydrogen (secondary N) is 1. The Bertz CT molecular complexity index is 2010. The zero-order chi connectivity index (χ0) is 24.9. The third kappa shape index (κ3) is 3.40. The molecule has 0 bridgehead atoms. The zero-order valence-corrected chi connectivity index (χ0v) is 20.4. The Hall–Kier alpha value is -4.89. The quantitative estimate of drug-likeness (QED) is 0.206. The van der Waals surface area contributed by atoms with Gasteiger partial charge in [-0.25, -0.2) is 4.98 Å². The maximum Gasteiger partial charge on any atom is 0.0979 e. The Labute approximate surface area is 214 Å². The van der Waals surface area contributed by atoms with E-state index >= 15 is 0 Å². The number of benzene rings is 5. The first-order chi connectivity index (χ1) is 18.2. The van der Waals surface area contributed by atoms with Gasteiger partial charge in [0.15, 0.2) is 0 Å². The van der Waals surface area contributed by atoms with Crippen molar-refractivity contribution in [3.63, 3.8) is 0 Å². The molecule has 0 atom stereocenters. The molecule has 1 N–H and O–H groups in total. The topological polar surface area (TPSA) is 49.6 Å². The summed E-state index contributed by atoms with van der Waals surface area (Å²) in [6.45, 7) is 2.04. The minimum Gasteiger partial charge on any atom is -0.307 e. The Kier molecular flexibility index (Phi) is 4.83. The van der Waals surface area contributed by atoms with Crippen LogP contribution in [0.15, 0.2) is 109 Å². The third-order valence-electron chi connectivity index (χ3n) is 7.21. The fourth-order valence-corrected chi connectivity index (χ4v) is 5.56. The van der Waals surface area contributed by atoms with E-state index in [0.29, 0.717) is 5.69 Å². The number of pyridine rings is 2. The standard InChI is InChI=1S/C34H23N3/c1-21-18-31(27-14-6-10-22-8-2-4-12-25(22)27)29-16-17-30-32(19-24(20-35)37-34(30)33(29)36-21)28-15-7-11-23-9-3-5-13-26(23)28/h2-20,35H,1H3. The Balaban J connectivity index is 1.59. The molecule has 0 saturated carbocycles. The molecule has 0 saturated heterocycles. The summed E-state index contributed by atoms with van der Waals surface area (Å²) in [5, 5.41) is 15.0. The van der Waals surface area contributed by atoms with E-state index in [2.05, 4.69) is 103 Å². The van der Waals surface area contributed by atoms with Gasteiger partial charge >= 0.3 is 0 Å². The van der Waals surface area contributed by atoms with E-state index in [-0.39, 0.29) is 0 Å². The fraction of sp³-hybridized carbons (Fsp3) is 0.0294. The predicted molar refractivity (Wildman–Crippen MR) is 156 cm³/mol. The molecule has 0 amide bonds. The van der Waals surface area contributed by atoms with Crippen LogP contribution in [0.3, 0.4) is 0 Å². The molecular weight excluding hydrogens is 450 g/mol. The lowest BCUT2D eigenvalue weighted by Crippen LogP contribution is -1.96. The average molecular weight is 474 g/mol. The van der Waals surface area contributed by atoms with Gasteiger partial charge in [0.1, 0.15) is 0 Å². The van der Waals surface area contributed by atoms with E-state index < -0.39 is 0 Å². The largest absolute Gasteiger partial charge is 0.307 e. The summed E-state index contributed by atoms with van der Waals surface area (Å²) in [6, 6.07) is 38.3. The highest BCUT2D eigenvalue weighted by atomic mass is 14.8. The summed E-state index contributed by atoms with van der Waals surface area (Å²) in [6.07, 6.45) is 1.33. The van der Waals surface area contributed by atoms with Gasteiger partial charge in [-0.3, -0.25) is 4.98 Å². The van der Waals surface area contributed by atoms with Gasteiger partial charge in [-0.2, -0.15) is 0 Å². The Morgan fingerprint density at radius 2 is 1.03 bits per heavy atom. The number of aryl methyl sites for hydroxylation is 1. The zero-order valence-electron chi connectivity index (χ0n) is 20.4. The summed E-state index contributed by atoms with van der Waals surface area (Å²) >= 11 is 0. The number of hydrogen-bond donors (Lipinski definition) is 1. The molecule has 3 nitrogen and oxygen atoms in total. The molecule has 0 fully saturated rings. The van der Waals surface area contributed by atoms with E-state index in [1.54, 1.807) is 0 Å². The molecule has 2 aromatic heterocycles. The molecule has 0 spiro atoms. The monoisotopic (exact) mass is 473 g/mol. The second kappa shape index (κ2) is 8.35. The molecule has 0 aliphatic heterocycles. The van der Waals surface area contributed by atoms with E-state index in [4.69, 9.17) is 15.4 Å². The normalized spacial score (nSPS) is 11.5. The minimum atomic E-state index is 0.623. The van der Waals surface area contributed by atoms with Crippen molar-refractivity contribution in [1.29, 1.82) is 5.41 Å². The Morgan fingerprint density at radius 3 is 1.62 bits per heavy atom. The first-order valence-corrected chi connectivity index (χ1v) is 12.4. The highest BCUT2D eigenvalue weighted by Gasteiger charge is 2.16. The highest BCUT2D eigenvalue weighted by molar-refractivity contribution is 6.16. The summed E-state index contributed by atoms with van der Waals surface area (Å²) < 4.78 is 0. The molecule has 0 unspecified atom stereocenters. The fourth-order valence-electron chi connectivity index (χ4n) is 5.56. The van der Waals surface area contributed by atoms with Crippen molar-refractivity contribution in [2.45, 2.75) is 6.92 Å². The van der Waals surface area contributed by atoms with Crippen LogP contribution in [0.2, 0.25) is 0 Å². The maximum atomic E-state index is 8.05. The average Bonchev–Trinajstić information content (AvgIpc) is 2.95. The second-order valence-electron chi connectivity index (χ2n) is 9.46. The smallest absolute Gasteiger partial charge is 0.0979 e. The van der Waals surface area contributed by atoms with E-state index in [1.807, 2.05) is 13.0 Å². The predicted octanol–water partition coefficient (Wildman–Crippen LogP) is 8.73. The first-order valence-electron chi connectivity index (χ1n) is 12.4. The van der Waals surface area contributed by atoms with Crippen LogP contribution in [0.1, 0.15) is 11.4 Å². The van der Waals surface area contributed by atoms with Gasteiger partial charge in [-0.15, -0.1) is 0 Å². The van der Waals surface area contributed by atoms with Crippen LogP contribution < -0.4 is 0 Å². The van der Waals surface area contributed by atoms with Crippen molar-refractivity contribution in [3.8, 4) is 22.3 Å². The molecule has 0 aliphatic rings. The molecule has 5 aromatic carbocycles. The van der Waals surface area contributed by atoms with Crippen LogP contribution >= 0.6 is 0 Å². The molecule has 3 heteroatoms. The summed E-state index contributed by atoms with van der Waals surface area (Å²) in [7, 11) is 0. The first kappa shape index (κ1) is 21.4. The van der Waals surface area contributed by atoms with E-state index in [0.717, 1.165) is 44.2 Å². The molecule has 7 rings (SSSR count). The molecule has 7 aromatic rings. The summed E-state index contributed by atoms with van der Waals surface area (Å²) in [5.41, 5.74) is 7.79. The van der Waals surface area contributed by atoms with Gasteiger partial charge in [-0.05, 0) is 62.9 Å². The van der Waals surface area contributed by atoms with Crippen molar-refractivity contribution in [3.05, 3.63) is 121 Å². The number of hydrogen-bond acceptors (Lipinski definition) is 3. The van der Waals surface area contributed by atoms with Crippen molar-refractivity contribution in [2.75, 3.05) is 0 Å². The van der Waals surface area contributed by atoms with Crippen molar-refractivity contribution >= 4 is 49.6 Å². The van der Waals surface area contributed by atoms with E-state index in [9.17, 15) is 0 Å². The molecule has 174 valence electrons. The number of rotatable bonds is 3. The van der Waals surface area contributed by atoms with Crippen LogP contribution in [0.4, 0.5) is 0 Å². The third-order valence-corrected chi connectivity index (χ3v) is 7.21. The number of fused-ring (bicyclic) bond motifs is 5. The van der Waals surface area contributed by atoms with Crippen molar-refractivity contribution in [1.82, 2.24) is 9.97 Å². The van der Waals surface area contributed by atoms with Crippen LogP contribution in [0, 0.1) is 12.3 Å². The maximum absolute atomic E-state index is 8.05. The number of nitrogens with zero attached hydrogens (tertiary/aromatic N) is 2. The van der Waals surface area contributed by atoms with Crippen LogP contribution in [-0.4, -0.2) is 16.2 Å². The second-order valence-corrected chi connectivity index (χ2v) is 9.46. The van der Waals surface area contributed by atoms with E-state index in [1.165, 1.54) is 33.3 Å². The van der Waals surface area contributed by atoms with Gasteiger partial charge in [0.2, 0.25) is 0 Å². The van der Waals surface area contributed by atoms with Crippen molar-refractivity contribution < 1.29 is 0 Å².